The molecule has 1 rings (SSSR count). The van der Waals surface area contributed by atoms with Gasteiger partial charge in [-0.1, -0.05) is 12.1 Å². The van der Waals surface area contributed by atoms with Crippen molar-refractivity contribution in [1.82, 2.24) is 0 Å². The van der Waals surface area contributed by atoms with E-state index in [1.54, 1.807) is 0 Å². The molecule has 0 saturated carbocycles. The maximum atomic E-state index is 12.1. The van der Waals surface area contributed by atoms with Crippen LogP contribution < -0.4 is 0 Å². The van der Waals surface area contributed by atoms with Crippen molar-refractivity contribution >= 4 is 10.7 Å². The molecule has 0 unspecified atom stereocenters. The second-order valence-electron chi connectivity index (χ2n) is 2.69. The highest BCUT2D eigenvalue weighted by atomic mass is 32.2. The van der Waals surface area contributed by atoms with Crippen molar-refractivity contribution in [2.45, 2.75) is 11.9 Å². The van der Waals surface area contributed by atoms with Crippen LogP contribution in [0.3, 0.4) is 0 Å². The summed E-state index contributed by atoms with van der Waals surface area (Å²) >= 11 is 0. The molecule has 0 fully saturated rings. The first-order chi connectivity index (χ1) is 6.39. The van der Waals surface area contributed by atoms with E-state index in [-0.39, 0.29) is 5.75 Å². The molecule has 0 aliphatic heterocycles. The van der Waals surface area contributed by atoms with Crippen LogP contribution in [-0.2, 0) is 22.6 Å². The van der Waals surface area contributed by atoms with Crippen LogP contribution >= 0.6 is 0 Å². The monoisotopic (exact) mass is 224 g/mol. The van der Waals surface area contributed by atoms with Gasteiger partial charge in [0.2, 0.25) is 0 Å². The van der Waals surface area contributed by atoms with Crippen molar-refractivity contribution in [2.75, 3.05) is 0 Å². The van der Waals surface area contributed by atoms with E-state index in [9.17, 15) is 21.6 Å². The lowest BCUT2D eigenvalue weighted by Crippen LogP contribution is -2.04. The number of halogens is 3. The zero-order valence-corrected chi connectivity index (χ0v) is 7.81. The summed E-state index contributed by atoms with van der Waals surface area (Å²) in [6.07, 6.45) is -4.38. The SMILES string of the molecule is O=[SH](=O)Cc1ccc(C(F)(F)F)cc1. The van der Waals surface area contributed by atoms with Crippen LogP contribution in [0.5, 0.6) is 0 Å². The maximum Gasteiger partial charge on any atom is 0.416 e. The van der Waals surface area contributed by atoms with Gasteiger partial charge in [-0.25, -0.2) is 8.42 Å². The molecule has 1 aromatic rings. The van der Waals surface area contributed by atoms with Gasteiger partial charge in [0.15, 0.2) is 0 Å². The Hall–Kier alpha value is -1.04. The minimum Gasteiger partial charge on any atom is -0.232 e. The maximum absolute atomic E-state index is 12.1. The van der Waals surface area contributed by atoms with E-state index in [1.807, 2.05) is 0 Å². The van der Waals surface area contributed by atoms with Gasteiger partial charge in [0.25, 0.3) is 0 Å². The van der Waals surface area contributed by atoms with Gasteiger partial charge < -0.3 is 0 Å². The Morgan fingerprint density at radius 2 is 1.57 bits per heavy atom. The second-order valence-corrected chi connectivity index (χ2v) is 3.67. The van der Waals surface area contributed by atoms with Gasteiger partial charge in [-0.05, 0) is 17.7 Å². The van der Waals surface area contributed by atoms with Crippen molar-refractivity contribution in [1.29, 1.82) is 0 Å². The standard InChI is InChI=1S/C8H7F3O2S/c9-8(10,11)7-3-1-6(2-4-7)5-14(12)13/h1-4,14H,5H2. The Kier molecular flexibility index (Phi) is 3.15. The molecule has 0 atom stereocenters. The predicted molar refractivity (Wildman–Crippen MR) is 45.5 cm³/mol. The molecule has 0 aromatic heterocycles. The molecule has 14 heavy (non-hydrogen) atoms. The van der Waals surface area contributed by atoms with E-state index in [0.717, 1.165) is 24.3 Å². The summed E-state index contributed by atoms with van der Waals surface area (Å²) in [7, 11) is -2.60. The summed E-state index contributed by atoms with van der Waals surface area (Å²) in [4.78, 5) is 0. The number of hydrogen-bond donors (Lipinski definition) is 1. The number of hydrogen-bond acceptors (Lipinski definition) is 2. The van der Waals surface area contributed by atoms with Crippen LogP contribution in [0.25, 0.3) is 0 Å². The topological polar surface area (TPSA) is 34.1 Å². The van der Waals surface area contributed by atoms with E-state index in [1.165, 1.54) is 0 Å². The van der Waals surface area contributed by atoms with Crippen LogP contribution in [0.2, 0.25) is 0 Å². The highest BCUT2D eigenvalue weighted by Crippen LogP contribution is 2.29. The Morgan fingerprint density at radius 3 is 1.93 bits per heavy atom. The number of alkyl halides is 3. The number of thiol groups is 1. The minimum absolute atomic E-state index is 0.229. The molecule has 0 bridgehead atoms. The third kappa shape index (κ3) is 3.02. The van der Waals surface area contributed by atoms with E-state index >= 15 is 0 Å². The lowest BCUT2D eigenvalue weighted by molar-refractivity contribution is -0.137. The summed E-state index contributed by atoms with van der Waals surface area (Å²) in [5.74, 6) is -0.229. The second kappa shape index (κ2) is 4.00. The molecule has 1 aromatic carbocycles. The van der Waals surface area contributed by atoms with Gasteiger partial charge in [0.1, 0.15) is 10.7 Å². The molecule has 0 aliphatic carbocycles. The summed E-state index contributed by atoms with van der Waals surface area (Å²) in [5, 5.41) is 0. The average molecular weight is 224 g/mol. The first-order valence-corrected chi connectivity index (χ1v) is 5.04. The number of rotatable bonds is 2. The first kappa shape index (κ1) is 11.0. The smallest absolute Gasteiger partial charge is 0.232 e. The van der Waals surface area contributed by atoms with E-state index < -0.39 is 22.4 Å². The molecular formula is C8H7F3O2S. The Balaban J connectivity index is 2.89. The summed E-state index contributed by atoms with van der Waals surface area (Å²) < 4.78 is 56.7. The molecule has 0 aliphatic rings. The normalized spacial score (nSPS) is 12.0. The van der Waals surface area contributed by atoms with Gasteiger partial charge in [-0.15, -0.1) is 0 Å². The fourth-order valence-electron chi connectivity index (χ4n) is 0.948. The molecule has 78 valence electrons. The largest absolute Gasteiger partial charge is 0.416 e. The molecule has 0 spiro atoms. The lowest BCUT2D eigenvalue weighted by Gasteiger charge is -2.06. The van der Waals surface area contributed by atoms with E-state index in [4.69, 9.17) is 0 Å². The van der Waals surface area contributed by atoms with Gasteiger partial charge in [-0.2, -0.15) is 13.2 Å². The summed E-state index contributed by atoms with van der Waals surface area (Å²) in [6, 6.07) is 4.06. The Bertz CT molecular complexity index is 371. The molecule has 0 amide bonds. The highest BCUT2D eigenvalue weighted by molar-refractivity contribution is 7.71. The van der Waals surface area contributed by atoms with Crippen molar-refractivity contribution < 1.29 is 21.6 Å². The molecular weight excluding hydrogens is 217 g/mol. The highest BCUT2D eigenvalue weighted by Gasteiger charge is 2.29. The van der Waals surface area contributed by atoms with Crippen LogP contribution in [0.1, 0.15) is 11.1 Å². The van der Waals surface area contributed by atoms with Crippen molar-refractivity contribution in [3.8, 4) is 0 Å². The number of benzene rings is 1. The van der Waals surface area contributed by atoms with Crippen LogP contribution in [-0.4, -0.2) is 8.42 Å². The average Bonchev–Trinajstić information content (AvgIpc) is 2.02. The van der Waals surface area contributed by atoms with Crippen molar-refractivity contribution in [3.63, 3.8) is 0 Å². The van der Waals surface area contributed by atoms with Crippen molar-refractivity contribution in [3.05, 3.63) is 35.4 Å². The van der Waals surface area contributed by atoms with Gasteiger partial charge in [-0.3, -0.25) is 0 Å². The first-order valence-electron chi connectivity index (χ1n) is 3.67. The van der Waals surface area contributed by atoms with Gasteiger partial charge in [0, 0.05) is 0 Å². The van der Waals surface area contributed by atoms with Crippen LogP contribution in [0.4, 0.5) is 13.2 Å². The van der Waals surface area contributed by atoms with Gasteiger partial charge in [0.05, 0.1) is 11.3 Å². The van der Waals surface area contributed by atoms with Crippen LogP contribution in [0, 0.1) is 0 Å². The molecule has 2 nitrogen and oxygen atoms in total. The minimum atomic E-state index is -4.38. The zero-order valence-electron chi connectivity index (χ0n) is 6.91. The Labute approximate surface area is 80.3 Å². The van der Waals surface area contributed by atoms with Gasteiger partial charge >= 0.3 is 6.18 Å². The summed E-state index contributed by atoms with van der Waals surface area (Å²) in [5.41, 5.74) is -0.420. The molecule has 0 heterocycles. The summed E-state index contributed by atoms with van der Waals surface area (Å²) in [6.45, 7) is 0. The molecule has 0 radical (unpaired) electrons. The lowest BCUT2D eigenvalue weighted by atomic mass is 10.1. The molecule has 0 N–H and O–H groups in total. The van der Waals surface area contributed by atoms with Crippen LogP contribution in [0.15, 0.2) is 24.3 Å². The zero-order chi connectivity index (χ0) is 10.8. The molecule has 0 saturated heterocycles. The molecule has 6 heteroatoms. The fraction of sp³-hybridized carbons (Fsp3) is 0.250. The quantitative estimate of drug-likeness (QED) is 0.777. The van der Waals surface area contributed by atoms with Crippen molar-refractivity contribution in [2.24, 2.45) is 0 Å². The third-order valence-electron chi connectivity index (χ3n) is 1.59. The van der Waals surface area contributed by atoms with E-state index in [0.29, 0.717) is 5.56 Å². The predicted octanol–water partition coefficient (Wildman–Crippen LogP) is 1.82. The van der Waals surface area contributed by atoms with E-state index in [2.05, 4.69) is 0 Å². The third-order valence-corrected chi connectivity index (χ3v) is 2.22. The fourth-order valence-corrected chi connectivity index (χ4v) is 1.46. The Morgan fingerprint density at radius 1 is 1.07 bits per heavy atom.